The molecule has 0 aromatic heterocycles. The van der Waals surface area contributed by atoms with Gasteiger partial charge in [0.05, 0.1) is 28.4 Å². The summed E-state index contributed by atoms with van der Waals surface area (Å²) in [6.45, 7) is 4.28. The third-order valence-corrected chi connectivity index (χ3v) is 8.24. The summed E-state index contributed by atoms with van der Waals surface area (Å²) < 4.78 is 7.31. The van der Waals surface area contributed by atoms with Crippen LogP contribution in [0.3, 0.4) is 0 Å². The molecular formula is C21H19N3S. The minimum Gasteiger partial charge on any atom is -0.300 e. The smallest absolute Gasteiger partial charge is 0.0791 e. The average Bonchev–Trinajstić information content (AvgIpc) is 3.11. The topological polar surface area (TPSA) is 9.72 Å². The summed E-state index contributed by atoms with van der Waals surface area (Å²) >= 11 is 0. The van der Waals surface area contributed by atoms with Gasteiger partial charge in [0.25, 0.3) is 0 Å². The van der Waals surface area contributed by atoms with Gasteiger partial charge in [-0.15, -0.1) is 0 Å². The summed E-state index contributed by atoms with van der Waals surface area (Å²) in [5.41, 5.74) is 6.13. The van der Waals surface area contributed by atoms with Gasteiger partial charge in [0.2, 0.25) is 0 Å². The van der Waals surface area contributed by atoms with Crippen molar-refractivity contribution in [1.29, 1.82) is 0 Å². The Kier molecular flexibility index (Phi) is 2.94. The van der Waals surface area contributed by atoms with E-state index in [1.807, 2.05) is 0 Å². The summed E-state index contributed by atoms with van der Waals surface area (Å²) in [5.74, 6) is 0. The summed E-state index contributed by atoms with van der Waals surface area (Å²) in [7, 11) is 0.547. The van der Waals surface area contributed by atoms with Crippen molar-refractivity contribution in [3.63, 3.8) is 0 Å². The second-order valence-corrected chi connectivity index (χ2v) is 8.86. The summed E-state index contributed by atoms with van der Waals surface area (Å²) in [5, 5.41) is 2.12. The Hall–Kier alpha value is -2.85. The zero-order valence-electron chi connectivity index (χ0n) is 14.0. The molecule has 0 saturated heterocycles. The first-order valence-electron chi connectivity index (χ1n) is 8.32. The monoisotopic (exact) mass is 345 g/mol. The fourth-order valence-electron chi connectivity index (χ4n) is 3.86. The maximum Gasteiger partial charge on any atom is 0.0791 e. The molecule has 3 nitrogen and oxygen atoms in total. The van der Waals surface area contributed by atoms with Crippen molar-refractivity contribution in [3.05, 3.63) is 90.8 Å². The van der Waals surface area contributed by atoms with Gasteiger partial charge in [0.15, 0.2) is 0 Å². The van der Waals surface area contributed by atoms with Gasteiger partial charge in [0, 0.05) is 23.0 Å². The van der Waals surface area contributed by atoms with Gasteiger partial charge in [-0.3, -0.25) is 8.61 Å². The number of hydrogen-bond donors (Lipinski definition) is 0. The molecule has 0 bridgehead atoms. The first kappa shape index (κ1) is 14.5. The highest BCUT2D eigenvalue weighted by molar-refractivity contribution is 8.40. The van der Waals surface area contributed by atoms with Gasteiger partial charge >= 0.3 is 0 Å². The molecule has 0 radical (unpaired) electrons. The number of para-hydroxylation sites is 5. The Morgan fingerprint density at radius 2 is 1.16 bits per heavy atom. The van der Waals surface area contributed by atoms with Crippen LogP contribution in [0.15, 0.2) is 90.8 Å². The Bertz CT molecular complexity index is 957. The van der Waals surface area contributed by atoms with Crippen LogP contribution in [-0.4, -0.2) is 7.05 Å². The van der Waals surface area contributed by atoms with Crippen LogP contribution in [0, 0.1) is 0 Å². The van der Waals surface area contributed by atoms with E-state index < -0.39 is 10.6 Å². The fraction of sp³-hybridized carbons (Fsp3) is 0.0476. The van der Waals surface area contributed by atoms with Crippen LogP contribution in [-0.2, 0) is 0 Å². The maximum atomic E-state index is 4.28. The number of fused-ring (bicyclic) bond motifs is 5. The second kappa shape index (κ2) is 5.07. The lowest BCUT2D eigenvalue weighted by Crippen LogP contribution is -2.34. The van der Waals surface area contributed by atoms with E-state index >= 15 is 0 Å². The van der Waals surface area contributed by atoms with Gasteiger partial charge in [-0.1, -0.05) is 49.0 Å². The molecule has 0 N–H and O–H groups in total. The number of nitrogens with zero attached hydrogens (tertiary/aromatic N) is 3. The minimum absolute atomic E-state index is 1.19. The van der Waals surface area contributed by atoms with Crippen molar-refractivity contribution < 1.29 is 0 Å². The van der Waals surface area contributed by atoms with E-state index in [1.54, 1.807) is 0 Å². The van der Waals surface area contributed by atoms with Crippen LogP contribution in [0.4, 0.5) is 28.4 Å². The van der Waals surface area contributed by atoms with Crippen molar-refractivity contribution in [3.8, 4) is 0 Å². The largest absolute Gasteiger partial charge is 0.300 e. The molecule has 1 unspecified atom stereocenters. The van der Waals surface area contributed by atoms with Gasteiger partial charge in [-0.05, 0) is 36.4 Å². The molecule has 5 rings (SSSR count). The van der Waals surface area contributed by atoms with E-state index in [0.717, 1.165) is 0 Å². The summed E-state index contributed by atoms with van der Waals surface area (Å²) in [6.07, 6.45) is 0. The van der Waals surface area contributed by atoms with Crippen molar-refractivity contribution in [2.45, 2.75) is 0 Å². The zero-order chi connectivity index (χ0) is 17.0. The molecular weight excluding hydrogens is 326 g/mol. The van der Waals surface area contributed by atoms with Crippen molar-refractivity contribution >= 4 is 39.0 Å². The van der Waals surface area contributed by atoms with Crippen LogP contribution < -0.4 is 12.9 Å². The van der Waals surface area contributed by atoms with E-state index in [2.05, 4.69) is 111 Å². The van der Waals surface area contributed by atoms with E-state index in [-0.39, 0.29) is 0 Å². The number of hydrogen-bond acceptors (Lipinski definition) is 3. The molecule has 0 amide bonds. The van der Waals surface area contributed by atoms with Gasteiger partial charge in [-0.2, -0.15) is 0 Å². The van der Waals surface area contributed by atoms with Gasteiger partial charge in [-0.25, -0.2) is 0 Å². The van der Waals surface area contributed by atoms with Crippen LogP contribution in [0.2, 0.25) is 0 Å². The van der Waals surface area contributed by atoms with Crippen LogP contribution in [0.1, 0.15) is 0 Å². The normalized spacial score (nSPS) is 22.8. The van der Waals surface area contributed by atoms with Crippen molar-refractivity contribution in [2.24, 2.45) is 0 Å². The molecule has 3 aromatic rings. The third-order valence-electron chi connectivity index (χ3n) is 4.91. The lowest BCUT2D eigenvalue weighted by Gasteiger charge is -2.48. The van der Waals surface area contributed by atoms with Gasteiger partial charge < -0.3 is 4.31 Å². The van der Waals surface area contributed by atoms with Gasteiger partial charge in [0.1, 0.15) is 0 Å². The molecule has 2 aliphatic rings. The standard InChI is InChI=1S/C21H19N3S/c1-3-25-22(2)18-13-7-8-14-19(18)24(25)21-16-10-9-15-20(21)23(25)17-11-5-4-6-12-17/h3-16H,1H2,2H3. The quantitative estimate of drug-likeness (QED) is 0.554. The van der Waals surface area contributed by atoms with Crippen LogP contribution in [0.25, 0.3) is 0 Å². The van der Waals surface area contributed by atoms with Crippen LogP contribution >= 0.6 is 10.6 Å². The van der Waals surface area contributed by atoms with Crippen molar-refractivity contribution in [2.75, 3.05) is 20.0 Å². The Labute approximate surface area is 150 Å². The Morgan fingerprint density at radius 3 is 1.76 bits per heavy atom. The molecule has 25 heavy (non-hydrogen) atoms. The Balaban J connectivity index is 1.86. The van der Waals surface area contributed by atoms with Crippen molar-refractivity contribution in [1.82, 2.24) is 0 Å². The Morgan fingerprint density at radius 1 is 0.680 bits per heavy atom. The first-order valence-corrected chi connectivity index (χ1v) is 9.89. The summed E-state index contributed by atoms with van der Waals surface area (Å²) in [4.78, 5) is 0. The molecule has 0 fully saturated rings. The highest BCUT2D eigenvalue weighted by atomic mass is 32.3. The molecule has 4 heteroatoms. The number of benzene rings is 3. The van der Waals surface area contributed by atoms with E-state index in [4.69, 9.17) is 0 Å². The molecule has 2 heterocycles. The highest BCUT2D eigenvalue weighted by Gasteiger charge is 2.53. The van der Waals surface area contributed by atoms with E-state index in [1.165, 1.54) is 28.4 Å². The summed E-state index contributed by atoms with van der Waals surface area (Å²) in [6, 6.07) is 27.9. The molecule has 0 aliphatic carbocycles. The number of rotatable bonds is 2. The SMILES string of the molecule is C=CS12N(C)c3ccccc3N1c1ccccc1N2c1ccccc1. The second-order valence-electron chi connectivity index (χ2n) is 6.13. The highest BCUT2D eigenvalue weighted by Crippen LogP contribution is 2.78. The van der Waals surface area contributed by atoms with Crippen LogP contribution in [0.5, 0.6) is 0 Å². The lowest BCUT2D eigenvalue weighted by molar-refractivity contribution is 1.33. The maximum absolute atomic E-state index is 4.28. The molecule has 124 valence electrons. The first-order chi connectivity index (χ1) is 12.3. The number of anilines is 5. The average molecular weight is 345 g/mol. The van der Waals surface area contributed by atoms with E-state index in [9.17, 15) is 0 Å². The zero-order valence-corrected chi connectivity index (χ0v) is 14.9. The molecule has 2 aliphatic heterocycles. The lowest BCUT2D eigenvalue weighted by atomic mass is 10.2. The predicted octanol–water partition coefficient (Wildman–Crippen LogP) is 6.12. The predicted molar refractivity (Wildman–Crippen MR) is 110 cm³/mol. The third kappa shape index (κ3) is 1.67. The molecule has 1 atom stereocenters. The minimum atomic E-state index is -1.63. The van der Waals surface area contributed by atoms with E-state index in [0.29, 0.717) is 0 Å². The molecule has 0 spiro atoms. The molecule has 3 aromatic carbocycles. The molecule has 0 saturated carbocycles. The fourth-order valence-corrected chi connectivity index (χ4v) is 7.25.